The van der Waals surface area contributed by atoms with Crippen LogP contribution in [0.4, 0.5) is 5.69 Å². The molecule has 214 valence electrons. The second-order valence-electron chi connectivity index (χ2n) is 9.97. The van der Waals surface area contributed by atoms with Gasteiger partial charge in [0.2, 0.25) is 11.8 Å². The zero-order chi connectivity index (χ0) is 29.4. The fourth-order valence-corrected chi connectivity index (χ4v) is 5.56. The van der Waals surface area contributed by atoms with Crippen LogP contribution in [0.5, 0.6) is 5.75 Å². The Bertz CT molecular complexity index is 1420. The summed E-state index contributed by atoms with van der Waals surface area (Å²) in [4.78, 5) is 28.7. The van der Waals surface area contributed by atoms with Crippen LogP contribution in [0.1, 0.15) is 43.9 Å². The Labute approximate surface area is 238 Å². The van der Waals surface area contributed by atoms with Gasteiger partial charge in [-0.1, -0.05) is 55.0 Å². The highest BCUT2D eigenvalue weighted by Gasteiger charge is 2.33. The summed E-state index contributed by atoms with van der Waals surface area (Å²) in [5.74, 6) is -0.355. The summed E-state index contributed by atoms with van der Waals surface area (Å²) in [7, 11) is -2.65. The number of anilines is 1. The van der Waals surface area contributed by atoms with Crippen LogP contribution in [-0.2, 0) is 26.2 Å². The monoisotopic (exact) mass is 565 g/mol. The molecule has 0 fully saturated rings. The smallest absolute Gasteiger partial charge is 0.264 e. The van der Waals surface area contributed by atoms with Gasteiger partial charge in [0, 0.05) is 18.7 Å². The molecule has 0 aliphatic carbocycles. The maximum atomic E-state index is 14.0. The minimum atomic E-state index is -4.14. The van der Waals surface area contributed by atoms with Crippen LogP contribution in [0, 0.1) is 13.8 Å². The highest BCUT2D eigenvalue weighted by atomic mass is 32.2. The molecule has 0 saturated carbocycles. The van der Waals surface area contributed by atoms with E-state index in [4.69, 9.17) is 4.74 Å². The average Bonchev–Trinajstić information content (AvgIpc) is 2.95. The number of benzene rings is 3. The molecule has 8 nitrogen and oxygen atoms in total. The summed E-state index contributed by atoms with van der Waals surface area (Å²) in [5, 5.41) is 2.95. The van der Waals surface area contributed by atoms with E-state index < -0.39 is 28.5 Å². The summed E-state index contributed by atoms with van der Waals surface area (Å²) >= 11 is 0. The molecule has 3 aromatic carbocycles. The Morgan fingerprint density at radius 3 is 2.25 bits per heavy atom. The van der Waals surface area contributed by atoms with Crippen molar-refractivity contribution in [1.82, 2.24) is 10.2 Å². The quantitative estimate of drug-likeness (QED) is 0.339. The van der Waals surface area contributed by atoms with E-state index in [1.807, 2.05) is 52.0 Å². The van der Waals surface area contributed by atoms with Crippen LogP contribution in [0.3, 0.4) is 0 Å². The van der Waals surface area contributed by atoms with Crippen molar-refractivity contribution < 1.29 is 22.7 Å². The lowest BCUT2D eigenvalue weighted by Gasteiger charge is -2.33. The Morgan fingerprint density at radius 1 is 0.950 bits per heavy atom. The SMILES string of the molecule is CC[C@H](C)NC(=O)[C@@H](C)N(Cc1ccccc1C)C(=O)CN(c1cccc(OC)c1)S(=O)(=O)c1ccc(C)cc1. The average molecular weight is 566 g/mol. The van der Waals surface area contributed by atoms with E-state index in [0.717, 1.165) is 27.4 Å². The van der Waals surface area contributed by atoms with Crippen molar-refractivity contribution >= 4 is 27.5 Å². The first-order valence-electron chi connectivity index (χ1n) is 13.4. The number of amides is 2. The zero-order valence-corrected chi connectivity index (χ0v) is 24.9. The van der Waals surface area contributed by atoms with Gasteiger partial charge >= 0.3 is 0 Å². The van der Waals surface area contributed by atoms with Crippen molar-refractivity contribution in [2.75, 3.05) is 18.0 Å². The summed E-state index contributed by atoms with van der Waals surface area (Å²) in [6, 6.07) is 19.7. The van der Waals surface area contributed by atoms with E-state index in [1.54, 1.807) is 43.3 Å². The van der Waals surface area contributed by atoms with Crippen molar-refractivity contribution in [3.05, 3.63) is 89.5 Å². The summed E-state index contributed by atoms with van der Waals surface area (Å²) < 4.78 is 34.3. The Hall–Kier alpha value is -3.85. The predicted molar refractivity (Wildman–Crippen MR) is 158 cm³/mol. The summed E-state index contributed by atoms with van der Waals surface area (Å²) in [5.41, 5.74) is 3.02. The van der Waals surface area contributed by atoms with E-state index >= 15 is 0 Å². The molecule has 0 aliphatic heterocycles. The second kappa shape index (κ2) is 13.5. The van der Waals surface area contributed by atoms with Crippen molar-refractivity contribution in [3.63, 3.8) is 0 Å². The number of nitrogens with zero attached hydrogens (tertiary/aromatic N) is 2. The van der Waals surface area contributed by atoms with Crippen LogP contribution in [0.15, 0.2) is 77.7 Å². The molecule has 1 N–H and O–H groups in total. The van der Waals surface area contributed by atoms with E-state index in [9.17, 15) is 18.0 Å². The lowest BCUT2D eigenvalue weighted by atomic mass is 10.1. The minimum Gasteiger partial charge on any atom is -0.497 e. The first kappa shape index (κ1) is 30.7. The standard InChI is InChI=1S/C31H39N3O5S/c1-7-24(4)32-31(36)25(5)33(20-26-12-9-8-11-23(26)3)30(35)21-34(27-13-10-14-28(19-27)39-6)40(37,38)29-17-15-22(2)16-18-29/h8-19,24-25H,7,20-21H2,1-6H3,(H,32,36)/t24-,25+/m0/s1. The van der Waals surface area contributed by atoms with E-state index in [-0.39, 0.29) is 29.1 Å². The fourth-order valence-electron chi connectivity index (χ4n) is 4.15. The summed E-state index contributed by atoms with van der Waals surface area (Å²) in [6.45, 7) is 8.98. The molecule has 0 bridgehead atoms. The molecule has 3 aromatic rings. The molecule has 3 rings (SSSR count). The predicted octanol–water partition coefficient (Wildman–Crippen LogP) is 4.84. The van der Waals surface area contributed by atoms with Crippen LogP contribution in [0.25, 0.3) is 0 Å². The number of hydrogen-bond acceptors (Lipinski definition) is 5. The van der Waals surface area contributed by atoms with E-state index in [2.05, 4.69) is 5.32 Å². The maximum Gasteiger partial charge on any atom is 0.264 e. The van der Waals surface area contributed by atoms with Gasteiger partial charge in [0.05, 0.1) is 17.7 Å². The van der Waals surface area contributed by atoms with Gasteiger partial charge in [0.1, 0.15) is 18.3 Å². The third-order valence-corrected chi connectivity index (χ3v) is 8.79. The lowest BCUT2D eigenvalue weighted by Crippen LogP contribution is -2.52. The van der Waals surface area contributed by atoms with Crippen LogP contribution < -0.4 is 14.4 Å². The van der Waals surface area contributed by atoms with Gasteiger partial charge in [-0.05, 0) is 69.5 Å². The number of sulfonamides is 1. The highest BCUT2D eigenvalue weighted by molar-refractivity contribution is 7.92. The molecule has 0 spiro atoms. The number of hydrogen-bond donors (Lipinski definition) is 1. The third kappa shape index (κ3) is 7.41. The van der Waals surface area contributed by atoms with E-state index in [0.29, 0.717) is 5.75 Å². The lowest BCUT2D eigenvalue weighted by molar-refractivity contribution is -0.139. The van der Waals surface area contributed by atoms with Crippen molar-refractivity contribution in [3.8, 4) is 5.75 Å². The first-order valence-corrected chi connectivity index (χ1v) is 14.8. The maximum absolute atomic E-state index is 14.0. The van der Waals surface area contributed by atoms with Gasteiger partial charge in [0.25, 0.3) is 10.0 Å². The van der Waals surface area contributed by atoms with Gasteiger partial charge in [0.15, 0.2) is 0 Å². The van der Waals surface area contributed by atoms with Crippen molar-refractivity contribution in [2.24, 2.45) is 0 Å². The Morgan fingerprint density at radius 2 is 1.62 bits per heavy atom. The zero-order valence-electron chi connectivity index (χ0n) is 24.0. The van der Waals surface area contributed by atoms with Gasteiger partial charge < -0.3 is 15.0 Å². The number of carbonyl (C=O) groups is 2. The number of nitrogens with one attached hydrogen (secondary N) is 1. The van der Waals surface area contributed by atoms with Gasteiger partial charge in [-0.3, -0.25) is 13.9 Å². The van der Waals surface area contributed by atoms with Crippen molar-refractivity contribution in [1.29, 1.82) is 0 Å². The molecule has 0 aromatic heterocycles. The minimum absolute atomic E-state index is 0.0572. The second-order valence-corrected chi connectivity index (χ2v) is 11.8. The molecule has 0 saturated heterocycles. The molecule has 9 heteroatoms. The molecular formula is C31H39N3O5S. The normalized spacial score (nSPS) is 12.8. The molecule has 0 radical (unpaired) electrons. The fraction of sp³-hybridized carbons (Fsp3) is 0.355. The van der Waals surface area contributed by atoms with Crippen LogP contribution >= 0.6 is 0 Å². The molecule has 2 amide bonds. The molecule has 0 unspecified atom stereocenters. The number of rotatable bonds is 12. The van der Waals surface area contributed by atoms with Crippen molar-refractivity contribution in [2.45, 2.75) is 64.6 Å². The number of ether oxygens (including phenoxy) is 1. The number of aryl methyl sites for hydroxylation is 2. The third-order valence-electron chi connectivity index (χ3n) is 7.00. The first-order chi connectivity index (χ1) is 19.0. The van der Waals surface area contributed by atoms with Gasteiger partial charge in [-0.2, -0.15) is 0 Å². The van der Waals surface area contributed by atoms with E-state index in [1.165, 1.54) is 24.1 Å². The highest BCUT2D eigenvalue weighted by Crippen LogP contribution is 2.28. The Kier molecular flexibility index (Phi) is 10.3. The molecule has 2 atom stereocenters. The van der Waals surface area contributed by atoms with Crippen LogP contribution in [-0.4, -0.2) is 50.9 Å². The Balaban J connectivity index is 2.05. The number of carbonyl (C=O) groups excluding carboxylic acids is 2. The molecule has 40 heavy (non-hydrogen) atoms. The van der Waals surface area contributed by atoms with Gasteiger partial charge in [-0.25, -0.2) is 8.42 Å². The molecular weight excluding hydrogens is 526 g/mol. The topological polar surface area (TPSA) is 96.0 Å². The van der Waals surface area contributed by atoms with Gasteiger partial charge in [-0.15, -0.1) is 0 Å². The molecule has 0 aliphatic rings. The largest absolute Gasteiger partial charge is 0.497 e. The summed E-state index contributed by atoms with van der Waals surface area (Å²) in [6.07, 6.45) is 0.739. The van der Waals surface area contributed by atoms with Crippen LogP contribution in [0.2, 0.25) is 0 Å². The number of methoxy groups -OCH3 is 1. The molecule has 0 heterocycles.